The molecular formula is C17H12BrN3O4S. The van der Waals surface area contributed by atoms with Crippen LogP contribution in [0.5, 0.6) is 0 Å². The van der Waals surface area contributed by atoms with Crippen LogP contribution in [0.4, 0.5) is 5.69 Å². The number of amides is 1. The Balaban J connectivity index is 1.64. The van der Waals surface area contributed by atoms with Gasteiger partial charge in [-0.25, -0.2) is 5.43 Å². The number of thiophene rings is 1. The number of nitrogens with zero attached hydrogens (tertiary/aromatic N) is 2. The van der Waals surface area contributed by atoms with Gasteiger partial charge in [0.15, 0.2) is 0 Å². The molecule has 3 rings (SSSR count). The van der Waals surface area contributed by atoms with Gasteiger partial charge in [0.05, 0.1) is 17.6 Å². The lowest BCUT2D eigenvalue weighted by Crippen LogP contribution is -2.19. The number of benzene rings is 1. The Hall–Kier alpha value is -2.78. The van der Waals surface area contributed by atoms with Crippen molar-refractivity contribution in [3.05, 3.63) is 73.1 Å². The molecule has 0 aliphatic heterocycles. The molecule has 0 fully saturated rings. The summed E-state index contributed by atoms with van der Waals surface area (Å²) >= 11 is 4.82. The number of rotatable bonds is 6. The van der Waals surface area contributed by atoms with Crippen molar-refractivity contribution >= 4 is 45.1 Å². The molecule has 0 saturated heterocycles. The molecule has 0 aliphatic carbocycles. The van der Waals surface area contributed by atoms with E-state index in [9.17, 15) is 14.9 Å². The number of halogens is 1. The predicted octanol–water partition coefficient (Wildman–Crippen LogP) is 4.37. The topological polar surface area (TPSA) is 97.7 Å². The molecule has 7 nitrogen and oxygen atoms in total. The predicted molar refractivity (Wildman–Crippen MR) is 102 cm³/mol. The van der Waals surface area contributed by atoms with Gasteiger partial charge in [-0.05, 0) is 45.6 Å². The maximum Gasteiger partial charge on any atom is 0.270 e. The van der Waals surface area contributed by atoms with Crippen LogP contribution in [0.1, 0.15) is 10.6 Å². The Bertz CT molecular complexity index is 966. The van der Waals surface area contributed by atoms with Crippen molar-refractivity contribution in [2.24, 2.45) is 5.10 Å². The molecule has 0 spiro atoms. The molecule has 0 aliphatic rings. The lowest BCUT2D eigenvalue weighted by atomic mass is 10.1. The van der Waals surface area contributed by atoms with E-state index in [1.165, 1.54) is 29.7 Å². The van der Waals surface area contributed by atoms with Crippen LogP contribution < -0.4 is 5.43 Å². The van der Waals surface area contributed by atoms with Crippen LogP contribution in [0.2, 0.25) is 0 Å². The Morgan fingerprint density at radius 1 is 1.35 bits per heavy atom. The highest BCUT2D eigenvalue weighted by Crippen LogP contribution is 2.32. The summed E-state index contributed by atoms with van der Waals surface area (Å²) in [4.78, 5) is 23.0. The van der Waals surface area contributed by atoms with Gasteiger partial charge in [-0.3, -0.25) is 14.9 Å². The average Bonchev–Trinajstić information content (AvgIpc) is 3.26. The van der Waals surface area contributed by atoms with E-state index in [-0.39, 0.29) is 18.0 Å². The van der Waals surface area contributed by atoms with Gasteiger partial charge < -0.3 is 4.42 Å². The fourth-order valence-electron chi connectivity index (χ4n) is 2.16. The van der Waals surface area contributed by atoms with Crippen molar-refractivity contribution in [1.82, 2.24) is 5.43 Å². The maximum absolute atomic E-state index is 11.7. The average molecular weight is 434 g/mol. The molecule has 1 amide bonds. The lowest BCUT2D eigenvalue weighted by molar-refractivity contribution is -0.384. The molecule has 9 heteroatoms. The van der Waals surface area contributed by atoms with Gasteiger partial charge in [-0.2, -0.15) is 5.10 Å². The highest BCUT2D eigenvalue weighted by Gasteiger charge is 2.13. The zero-order chi connectivity index (χ0) is 18.5. The second-order valence-electron chi connectivity index (χ2n) is 5.17. The summed E-state index contributed by atoms with van der Waals surface area (Å²) < 4.78 is 6.19. The van der Waals surface area contributed by atoms with Crippen LogP contribution in [-0.2, 0) is 11.2 Å². The number of non-ortho nitro benzene ring substituents is 1. The van der Waals surface area contributed by atoms with Gasteiger partial charge in [0.2, 0.25) is 5.91 Å². The van der Waals surface area contributed by atoms with Crippen LogP contribution in [0.25, 0.3) is 11.3 Å². The van der Waals surface area contributed by atoms with Crippen LogP contribution in [0, 0.1) is 10.1 Å². The number of carbonyl (C=O) groups excluding carboxylic acids is 1. The summed E-state index contributed by atoms with van der Waals surface area (Å²) in [5, 5.41) is 16.6. The first-order valence-corrected chi connectivity index (χ1v) is 9.08. The number of furan rings is 1. The number of hydrazone groups is 1. The van der Waals surface area contributed by atoms with Crippen LogP contribution in [0.3, 0.4) is 0 Å². The first-order valence-electron chi connectivity index (χ1n) is 7.41. The molecule has 26 heavy (non-hydrogen) atoms. The summed E-state index contributed by atoms with van der Waals surface area (Å²) in [5.74, 6) is 0.758. The van der Waals surface area contributed by atoms with Gasteiger partial charge in [0, 0.05) is 27.0 Å². The molecule has 1 aromatic carbocycles. The van der Waals surface area contributed by atoms with Gasteiger partial charge in [0.25, 0.3) is 5.69 Å². The fourth-order valence-corrected chi connectivity index (χ4v) is 3.43. The minimum absolute atomic E-state index is 0.0116. The van der Waals surface area contributed by atoms with E-state index >= 15 is 0 Å². The summed E-state index contributed by atoms with van der Waals surface area (Å²) in [6, 6.07) is 11.6. The number of carbonyl (C=O) groups is 1. The Kier molecular flexibility index (Phi) is 5.59. The first-order chi connectivity index (χ1) is 12.5. The van der Waals surface area contributed by atoms with Crippen LogP contribution in [-0.4, -0.2) is 17.0 Å². The molecule has 3 aromatic rings. The quantitative estimate of drug-likeness (QED) is 0.354. The van der Waals surface area contributed by atoms with E-state index in [4.69, 9.17) is 4.42 Å². The zero-order valence-corrected chi connectivity index (χ0v) is 15.6. The van der Waals surface area contributed by atoms with Crippen LogP contribution >= 0.6 is 27.3 Å². The fraction of sp³-hybridized carbons (Fsp3) is 0.0588. The SMILES string of the molecule is O=C(Cc1cccs1)N/N=C/c1ccc(-c2ccc([N+](=O)[O-])cc2Br)o1. The van der Waals surface area contributed by atoms with Crippen LogP contribution in [0.15, 0.2) is 61.8 Å². The van der Waals surface area contributed by atoms with Gasteiger partial charge in [0.1, 0.15) is 11.5 Å². The highest BCUT2D eigenvalue weighted by atomic mass is 79.9. The van der Waals surface area contributed by atoms with Gasteiger partial charge in [-0.15, -0.1) is 11.3 Å². The number of nitro groups is 1. The second kappa shape index (κ2) is 8.07. The molecule has 2 heterocycles. The number of hydrogen-bond acceptors (Lipinski definition) is 6. The van der Waals surface area contributed by atoms with Crippen molar-refractivity contribution < 1.29 is 14.1 Å². The van der Waals surface area contributed by atoms with E-state index in [2.05, 4.69) is 26.5 Å². The molecule has 2 aromatic heterocycles. The van der Waals surface area contributed by atoms with Crippen molar-refractivity contribution in [1.29, 1.82) is 0 Å². The van der Waals surface area contributed by atoms with Crippen molar-refractivity contribution in [3.63, 3.8) is 0 Å². The lowest BCUT2D eigenvalue weighted by Gasteiger charge is -2.00. The maximum atomic E-state index is 11.7. The highest BCUT2D eigenvalue weighted by molar-refractivity contribution is 9.10. The molecule has 0 bridgehead atoms. The minimum Gasteiger partial charge on any atom is -0.455 e. The molecule has 0 radical (unpaired) electrons. The third-order valence-electron chi connectivity index (χ3n) is 3.35. The smallest absolute Gasteiger partial charge is 0.270 e. The van der Waals surface area contributed by atoms with E-state index in [0.717, 1.165) is 4.88 Å². The van der Waals surface area contributed by atoms with Gasteiger partial charge in [-0.1, -0.05) is 6.07 Å². The minimum atomic E-state index is -0.465. The summed E-state index contributed by atoms with van der Waals surface area (Å²) in [6.07, 6.45) is 1.67. The summed E-state index contributed by atoms with van der Waals surface area (Å²) in [7, 11) is 0. The standard InChI is InChI=1S/C17H12BrN3O4S/c18-15-8-11(21(23)24)3-5-14(15)16-6-4-12(25-16)10-19-20-17(22)9-13-2-1-7-26-13/h1-8,10H,9H2,(H,20,22)/b19-10+. The largest absolute Gasteiger partial charge is 0.455 e. The molecule has 132 valence electrons. The normalized spacial score (nSPS) is 11.0. The van der Waals surface area contributed by atoms with Crippen molar-refractivity contribution in [2.45, 2.75) is 6.42 Å². The second-order valence-corrected chi connectivity index (χ2v) is 7.06. The third kappa shape index (κ3) is 4.44. The molecule has 0 saturated carbocycles. The molecule has 0 atom stereocenters. The summed E-state index contributed by atoms with van der Waals surface area (Å²) in [6.45, 7) is 0. The number of nitrogens with one attached hydrogen (secondary N) is 1. The van der Waals surface area contributed by atoms with E-state index in [1.54, 1.807) is 18.2 Å². The van der Waals surface area contributed by atoms with E-state index < -0.39 is 4.92 Å². The Morgan fingerprint density at radius 3 is 2.88 bits per heavy atom. The summed E-state index contributed by atoms with van der Waals surface area (Å²) in [5.41, 5.74) is 3.11. The van der Waals surface area contributed by atoms with Crippen molar-refractivity contribution in [2.75, 3.05) is 0 Å². The zero-order valence-electron chi connectivity index (χ0n) is 13.2. The number of hydrogen-bond donors (Lipinski definition) is 1. The Morgan fingerprint density at radius 2 is 2.19 bits per heavy atom. The van der Waals surface area contributed by atoms with Crippen molar-refractivity contribution in [3.8, 4) is 11.3 Å². The van der Waals surface area contributed by atoms with E-state index in [1.807, 2.05) is 17.5 Å². The molecule has 0 unspecified atom stereocenters. The first kappa shape index (κ1) is 18.0. The molecule has 1 N–H and O–H groups in total. The third-order valence-corrected chi connectivity index (χ3v) is 4.88. The van der Waals surface area contributed by atoms with E-state index in [0.29, 0.717) is 21.6 Å². The Labute approximate surface area is 160 Å². The molecular weight excluding hydrogens is 422 g/mol. The van der Waals surface area contributed by atoms with Gasteiger partial charge >= 0.3 is 0 Å². The number of nitro benzene ring substituents is 1. The monoisotopic (exact) mass is 433 g/mol.